The summed E-state index contributed by atoms with van der Waals surface area (Å²) in [4.78, 5) is 0. The second kappa shape index (κ2) is 12.5. The molecule has 4 nitrogen and oxygen atoms in total. The zero-order valence-electron chi connectivity index (χ0n) is 22.1. The molecular formula is C34H36O4. The van der Waals surface area contributed by atoms with Gasteiger partial charge in [-0.3, -0.25) is 0 Å². The molecule has 0 saturated carbocycles. The maximum Gasteiger partial charge on any atom is 0.160 e. The minimum absolute atomic E-state index is 0.128. The van der Waals surface area contributed by atoms with E-state index in [1.165, 1.54) is 0 Å². The first-order valence-electron chi connectivity index (χ1n) is 13.3. The maximum atomic E-state index is 7.08. The average Bonchev–Trinajstić information content (AvgIpc) is 2.99. The first-order valence-corrected chi connectivity index (χ1v) is 13.3. The van der Waals surface area contributed by atoms with Gasteiger partial charge in [-0.1, -0.05) is 128 Å². The van der Waals surface area contributed by atoms with Crippen LogP contribution in [0.1, 0.15) is 35.6 Å². The van der Waals surface area contributed by atoms with Gasteiger partial charge < -0.3 is 18.9 Å². The Labute approximate surface area is 226 Å². The summed E-state index contributed by atoms with van der Waals surface area (Å²) in [5.41, 5.74) is 3.51. The summed E-state index contributed by atoms with van der Waals surface area (Å²) in [6.07, 6.45) is 0.0979. The molecule has 4 aromatic carbocycles. The molecule has 0 amide bonds. The quantitative estimate of drug-likeness (QED) is 0.217. The molecule has 4 atom stereocenters. The third kappa shape index (κ3) is 5.74. The number of hydrogen-bond donors (Lipinski definition) is 0. The summed E-state index contributed by atoms with van der Waals surface area (Å²) in [5.74, 6) is 0.208. The predicted octanol–water partition coefficient (Wildman–Crippen LogP) is 6.98. The van der Waals surface area contributed by atoms with Crippen LogP contribution in [-0.2, 0) is 31.2 Å². The molecule has 1 fully saturated rings. The smallest absolute Gasteiger partial charge is 0.160 e. The Hall–Kier alpha value is -3.28. The minimum atomic E-state index is -0.817. The van der Waals surface area contributed by atoms with E-state index in [2.05, 4.69) is 91.9 Å². The van der Waals surface area contributed by atoms with Gasteiger partial charge in [-0.15, -0.1) is 0 Å². The van der Waals surface area contributed by atoms with Gasteiger partial charge >= 0.3 is 0 Å². The van der Waals surface area contributed by atoms with Crippen LogP contribution in [0.3, 0.4) is 0 Å². The predicted molar refractivity (Wildman–Crippen MR) is 150 cm³/mol. The van der Waals surface area contributed by atoms with Crippen LogP contribution in [0.15, 0.2) is 121 Å². The Kier molecular flexibility index (Phi) is 8.67. The summed E-state index contributed by atoms with van der Waals surface area (Å²) >= 11 is 0. The molecule has 0 unspecified atom stereocenters. The molecule has 1 saturated heterocycles. The van der Waals surface area contributed by atoms with Gasteiger partial charge in [0.25, 0.3) is 0 Å². The van der Waals surface area contributed by atoms with Crippen LogP contribution in [0, 0.1) is 5.92 Å². The summed E-state index contributed by atoms with van der Waals surface area (Å²) in [6.45, 7) is 3.01. The molecule has 5 rings (SSSR count). The summed E-state index contributed by atoms with van der Waals surface area (Å²) < 4.78 is 25.7. The third-order valence-electron chi connectivity index (χ3n) is 7.34. The van der Waals surface area contributed by atoms with Crippen LogP contribution in [0.5, 0.6) is 0 Å². The molecule has 1 aliphatic rings. The molecule has 0 aromatic heterocycles. The third-order valence-corrected chi connectivity index (χ3v) is 7.34. The second-order valence-electron chi connectivity index (χ2n) is 9.92. The van der Waals surface area contributed by atoms with E-state index in [-0.39, 0.29) is 24.4 Å². The minimum Gasteiger partial charge on any atom is -0.371 e. The van der Waals surface area contributed by atoms with Crippen LogP contribution in [0.4, 0.5) is 0 Å². The van der Waals surface area contributed by atoms with E-state index in [4.69, 9.17) is 18.9 Å². The topological polar surface area (TPSA) is 36.9 Å². The van der Waals surface area contributed by atoms with Gasteiger partial charge in [0.1, 0.15) is 11.7 Å². The lowest BCUT2D eigenvalue weighted by Gasteiger charge is -2.42. The van der Waals surface area contributed by atoms with E-state index in [0.29, 0.717) is 13.2 Å². The van der Waals surface area contributed by atoms with Crippen LogP contribution in [-0.4, -0.2) is 32.2 Å². The number of rotatable bonds is 10. The van der Waals surface area contributed by atoms with E-state index < -0.39 is 5.60 Å². The standard InChI is InChI=1S/C34H36O4/c1-26-23-31(36-24-27-15-7-3-8-16-27)32(38-33(26)35-2)25-37-34(28-17-9-4-10-18-28,29-19-11-5-12-20-29)30-21-13-6-14-22-30/h3-22,26,31-33H,23-25H2,1-2H3/t26-,31+,32+,33-/m0/s1. The molecule has 0 bridgehead atoms. The van der Waals surface area contributed by atoms with Gasteiger partial charge in [-0.2, -0.15) is 0 Å². The molecule has 4 heteroatoms. The molecule has 38 heavy (non-hydrogen) atoms. The van der Waals surface area contributed by atoms with Gasteiger partial charge in [0.15, 0.2) is 6.29 Å². The van der Waals surface area contributed by atoms with E-state index >= 15 is 0 Å². The molecule has 1 aliphatic heterocycles. The van der Waals surface area contributed by atoms with Crippen LogP contribution in [0.25, 0.3) is 0 Å². The highest BCUT2D eigenvalue weighted by Crippen LogP contribution is 2.41. The van der Waals surface area contributed by atoms with Crippen molar-refractivity contribution >= 4 is 0 Å². The Bertz CT molecular complexity index is 1130. The van der Waals surface area contributed by atoms with Crippen molar-refractivity contribution in [2.24, 2.45) is 5.92 Å². The molecule has 0 radical (unpaired) electrons. The van der Waals surface area contributed by atoms with Crippen molar-refractivity contribution in [1.29, 1.82) is 0 Å². The lowest BCUT2D eigenvalue weighted by atomic mass is 9.80. The molecular weight excluding hydrogens is 472 g/mol. The number of methoxy groups -OCH3 is 1. The molecule has 1 heterocycles. The summed E-state index contributed by atoms with van der Waals surface area (Å²) in [7, 11) is 1.70. The molecule has 196 valence electrons. The summed E-state index contributed by atoms with van der Waals surface area (Å²) in [5, 5.41) is 0. The van der Waals surface area contributed by atoms with Crippen LogP contribution < -0.4 is 0 Å². The lowest BCUT2D eigenvalue weighted by Crippen LogP contribution is -2.49. The number of ether oxygens (including phenoxy) is 4. The highest BCUT2D eigenvalue weighted by Gasteiger charge is 2.42. The fraction of sp³-hybridized carbons (Fsp3) is 0.294. The van der Waals surface area contributed by atoms with E-state index in [1.54, 1.807) is 7.11 Å². The zero-order chi connectivity index (χ0) is 26.2. The Morgan fingerprint density at radius 2 is 1.18 bits per heavy atom. The van der Waals surface area contributed by atoms with Crippen LogP contribution >= 0.6 is 0 Å². The lowest BCUT2D eigenvalue weighted by molar-refractivity contribution is -0.259. The monoisotopic (exact) mass is 508 g/mol. The fourth-order valence-corrected chi connectivity index (χ4v) is 5.39. The highest BCUT2D eigenvalue weighted by molar-refractivity contribution is 5.47. The van der Waals surface area contributed by atoms with Crippen molar-refractivity contribution < 1.29 is 18.9 Å². The Balaban J connectivity index is 1.49. The van der Waals surface area contributed by atoms with Crippen molar-refractivity contribution in [2.45, 2.75) is 44.1 Å². The van der Waals surface area contributed by atoms with Gasteiger partial charge in [0.05, 0.1) is 19.3 Å². The van der Waals surface area contributed by atoms with E-state index in [0.717, 1.165) is 28.7 Å². The summed E-state index contributed by atoms with van der Waals surface area (Å²) in [6, 6.07) is 41.5. The SMILES string of the molecule is CO[C@H]1O[C@H](COC(c2ccccc2)(c2ccccc2)c2ccccc2)[C@H](OCc2ccccc2)C[C@@H]1C. The van der Waals surface area contributed by atoms with E-state index in [9.17, 15) is 0 Å². The highest BCUT2D eigenvalue weighted by atomic mass is 16.7. The number of hydrogen-bond acceptors (Lipinski definition) is 4. The van der Waals surface area contributed by atoms with Crippen molar-refractivity contribution in [3.63, 3.8) is 0 Å². The largest absolute Gasteiger partial charge is 0.371 e. The van der Waals surface area contributed by atoms with Crippen molar-refractivity contribution in [3.05, 3.63) is 144 Å². The molecule has 0 aliphatic carbocycles. The number of benzene rings is 4. The van der Waals surface area contributed by atoms with Crippen molar-refractivity contribution in [2.75, 3.05) is 13.7 Å². The zero-order valence-corrected chi connectivity index (χ0v) is 22.1. The second-order valence-corrected chi connectivity index (χ2v) is 9.92. The van der Waals surface area contributed by atoms with Gasteiger partial charge in [0, 0.05) is 13.0 Å². The average molecular weight is 509 g/mol. The normalized spacial score (nSPS) is 21.7. The Morgan fingerprint density at radius 1 is 0.711 bits per heavy atom. The first kappa shape index (κ1) is 26.3. The first-order chi connectivity index (χ1) is 18.7. The van der Waals surface area contributed by atoms with Crippen LogP contribution in [0.2, 0.25) is 0 Å². The van der Waals surface area contributed by atoms with Crippen molar-refractivity contribution in [3.8, 4) is 0 Å². The van der Waals surface area contributed by atoms with Gasteiger partial charge in [-0.25, -0.2) is 0 Å². The molecule has 0 spiro atoms. The molecule has 4 aromatic rings. The molecule has 0 N–H and O–H groups in total. The van der Waals surface area contributed by atoms with E-state index in [1.807, 2.05) is 36.4 Å². The van der Waals surface area contributed by atoms with Gasteiger partial charge in [0.2, 0.25) is 0 Å². The fourth-order valence-electron chi connectivity index (χ4n) is 5.39. The Morgan fingerprint density at radius 3 is 1.66 bits per heavy atom. The maximum absolute atomic E-state index is 7.08. The van der Waals surface area contributed by atoms with Gasteiger partial charge in [-0.05, 0) is 28.7 Å². The van der Waals surface area contributed by atoms with Crippen molar-refractivity contribution in [1.82, 2.24) is 0 Å².